The lowest BCUT2D eigenvalue weighted by atomic mass is 10.0. The van der Waals surface area contributed by atoms with Gasteiger partial charge < -0.3 is 19.9 Å². The van der Waals surface area contributed by atoms with Crippen LogP contribution in [-0.4, -0.2) is 34.0 Å². The van der Waals surface area contributed by atoms with E-state index in [1.54, 1.807) is 5.48 Å². The highest BCUT2D eigenvalue weighted by molar-refractivity contribution is 7.80. The van der Waals surface area contributed by atoms with Crippen molar-refractivity contribution < 1.29 is 29.4 Å². The summed E-state index contributed by atoms with van der Waals surface area (Å²) in [5, 5.41) is 20.6. The van der Waals surface area contributed by atoms with Crippen LogP contribution in [0, 0.1) is 0 Å². The van der Waals surface area contributed by atoms with Gasteiger partial charge in [-0.25, -0.2) is 5.48 Å². The number of rotatable bonds is 12. The summed E-state index contributed by atoms with van der Waals surface area (Å²) in [5.41, 5.74) is 5.06. The first-order valence-electron chi connectivity index (χ1n) is 12.0. The maximum atomic E-state index is 12.2. The van der Waals surface area contributed by atoms with Crippen LogP contribution in [-0.2, 0) is 25.7 Å². The zero-order valence-electron chi connectivity index (χ0n) is 19.7. The molecular formula is C26H34N2O6S. The molecule has 3 unspecified atom stereocenters. The Bertz CT molecular complexity index is 938. The van der Waals surface area contributed by atoms with Crippen LogP contribution in [0.4, 0.5) is 5.69 Å². The van der Waals surface area contributed by atoms with Gasteiger partial charge in [-0.2, -0.15) is 12.6 Å². The molecule has 0 spiro atoms. The van der Waals surface area contributed by atoms with Gasteiger partial charge in [0.1, 0.15) is 0 Å². The molecule has 35 heavy (non-hydrogen) atoms. The van der Waals surface area contributed by atoms with Gasteiger partial charge in [0.15, 0.2) is 6.29 Å². The average Bonchev–Trinajstić information content (AvgIpc) is 2.90. The summed E-state index contributed by atoms with van der Waals surface area (Å²) in [6, 6.07) is 15.2. The zero-order chi connectivity index (χ0) is 25.0. The Morgan fingerprint density at radius 2 is 1.51 bits per heavy atom. The third kappa shape index (κ3) is 8.63. The highest BCUT2D eigenvalue weighted by atomic mass is 32.1. The molecule has 0 saturated carbocycles. The number of thiol groups is 1. The van der Waals surface area contributed by atoms with Crippen molar-refractivity contribution in [1.82, 2.24) is 5.48 Å². The summed E-state index contributed by atoms with van der Waals surface area (Å²) in [6.07, 6.45) is 3.74. The van der Waals surface area contributed by atoms with Crippen LogP contribution in [0.25, 0.3) is 0 Å². The summed E-state index contributed by atoms with van der Waals surface area (Å²) in [4.78, 5) is 23.2. The summed E-state index contributed by atoms with van der Waals surface area (Å²) in [5.74, 6) is 0.134. The lowest BCUT2D eigenvalue weighted by Crippen LogP contribution is -2.30. The van der Waals surface area contributed by atoms with Crippen LogP contribution in [0.15, 0.2) is 48.5 Å². The van der Waals surface area contributed by atoms with E-state index < -0.39 is 6.29 Å². The standard InChI is InChI=1S/C26H34N2O6S/c29-16-18-7-9-19(10-8-18)23-15-22(17-35)33-26(34-23)20-11-13-21(14-12-20)27-24(30)5-3-1-2-4-6-25(31)28-32/h7-14,22-23,26,29,32,35H,1-6,15-17H2,(H,27,30)(H,28,31). The van der Waals surface area contributed by atoms with Gasteiger partial charge in [0.2, 0.25) is 11.8 Å². The third-order valence-corrected chi connectivity index (χ3v) is 6.37. The topological polar surface area (TPSA) is 117 Å². The molecule has 0 aromatic heterocycles. The molecule has 1 aliphatic heterocycles. The van der Waals surface area contributed by atoms with E-state index in [0.717, 1.165) is 36.0 Å². The maximum absolute atomic E-state index is 12.2. The van der Waals surface area contributed by atoms with E-state index in [-0.39, 0.29) is 37.0 Å². The van der Waals surface area contributed by atoms with E-state index >= 15 is 0 Å². The fourth-order valence-corrected chi connectivity index (χ4v) is 4.20. The first kappa shape index (κ1) is 27.2. The number of ether oxygens (including phenoxy) is 2. The molecule has 2 amide bonds. The Balaban J connectivity index is 1.49. The monoisotopic (exact) mass is 502 g/mol. The van der Waals surface area contributed by atoms with Gasteiger partial charge in [-0.1, -0.05) is 49.2 Å². The molecule has 1 fully saturated rings. The molecule has 8 nitrogen and oxygen atoms in total. The van der Waals surface area contributed by atoms with Crippen LogP contribution in [0.2, 0.25) is 0 Å². The van der Waals surface area contributed by atoms with E-state index in [1.807, 2.05) is 48.5 Å². The van der Waals surface area contributed by atoms with Crippen LogP contribution >= 0.6 is 12.6 Å². The van der Waals surface area contributed by atoms with Gasteiger partial charge in [-0.05, 0) is 36.1 Å². The summed E-state index contributed by atoms with van der Waals surface area (Å²) in [7, 11) is 0. The van der Waals surface area contributed by atoms with Crippen LogP contribution < -0.4 is 10.8 Å². The molecule has 2 aromatic carbocycles. The van der Waals surface area contributed by atoms with E-state index in [4.69, 9.17) is 14.7 Å². The van der Waals surface area contributed by atoms with Crippen LogP contribution in [0.5, 0.6) is 0 Å². The van der Waals surface area contributed by atoms with Crippen molar-refractivity contribution in [3.8, 4) is 0 Å². The van der Waals surface area contributed by atoms with Crippen molar-refractivity contribution in [3.05, 3.63) is 65.2 Å². The molecule has 3 atom stereocenters. The van der Waals surface area contributed by atoms with Crippen molar-refractivity contribution in [2.75, 3.05) is 11.1 Å². The Morgan fingerprint density at radius 3 is 2.11 bits per heavy atom. The van der Waals surface area contributed by atoms with Crippen molar-refractivity contribution in [2.45, 2.75) is 70.1 Å². The predicted molar refractivity (Wildman–Crippen MR) is 135 cm³/mol. The number of nitrogens with one attached hydrogen (secondary N) is 2. The Hall–Kier alpha value is -2.43. The van der Waals surface area contributed by atoms with E-state index in [0.29, 0.717) is 30.7 Å². The normalized spacial score (nSPS) is 19.8. The lowest BCUT2D eigenvalue weighted by molar-refractivity contribution is -0.245. The smallest absolute Gasteiger partial charge is 0.243 e. The second-order valence-electron chi connectivity index (χ2n) is 8.65. The number of hydroxylamine groups is 1. The fraction of sp³-hybridized carbons (Fsp3) is 0.462. The molecule has 9 heteroatoms. The molecule has 0 aliphatic carbocycles. The number of aliphatic hydroxyl groups is 1. The first-order chi connectivity index (χ1) is 17.0. The van der Waals surface area contributed by atoms with Crippen molar-refractivity contribution in [1.29, 1.82) is 0 Å². The Kier molecular flexibility index (Phi) is 11.0. The van der Waals surface area contributed by atoms with Gasteiger partial charge in [-0.3, -0.25) is 14.8 Å². The number of unbranched alkanes of at least 4 members (excludes halogenated alkanes) is 3. The van der Waals surface area contributed by atoms with Crippen LogP contribution in [0.3, 0.4) is 0 Å². The minimum Gasteiger partial charge on any atom is -0.392 e. The Morgan fingerprint density at radius 1 is 0.886 bits per heavy atom. The second-order valence-corrected chi connectivity index (χ2v) is 9.02. The SMILES string of the molecule is O=C(CCCCCCC(=O)Nc1ccc(C2OC(CS)CC(c3ccc(CO)cc3)O2)cc1)NO. The van der Waals surface area contributed by atoms with Gasteiger partial charge in [0.05, 0.1) is 18.8 Å². The fourth-order valence-electron chi connectivity index (χ4n) is 3.96. The number of carbonyl (C=O) groups excluding carboxylic acids is 2. The van der Waals surface area contributed by atoms with Crippen LogP contribution in [0.1, 0.15) is 74.0 Å². The van der Waals surface area contributed by atoms with Gasteiger partial charge in [-0.15, -0.1) is 0 Å². The minimum atomic E-state index is -0.541. The lowest BCUT2D eigenvalue weighted by Gasteiger charge is -2.35. The molecule has 3 rings (SSSR count). The van der Waals surface area contributed by atoms with Crippen molar-refractivity contribution >= 4 is 30.1 Å². The number of hydrogen-bond acceptors (Lipinski definition) is 7. The molecule has 0 bridgehead atoms. The minimum absolute atomic E-state index is 0.00516. The quantitative estimate of drug-likeness (QED) is 0.127. The molecular weight excluding hydrogens is 468 g/mol. The first-order valence-corrected chi connectivity index (χ1v) is 12.6. The van der Waals surface area contributed by atoms with Gasteiger partial charge in [0.25, 0.3) is 0 Å². The van der Waals surface area contributed by atoms with Gasteiger partial charge >= 0.3 is 0 Å². The number of carbonyl (C=O) groups is 2. The largest absolute Gasteiger partial charge is 0.392 e. The number of aliphatic hydroxyl groups excluding tert-OH is 1. The molecule has 1 saturated heterocycles. The third-order valence-electron chi connectivity index (χ3n) is 5.97. The van der Waals surface area contributed by atoms with E-state index in [2.05, 4.69) is 17.9 Å². The predicted octanol–water partition coefficient (Wildman–Crippen LogP) is 4.44. The number of anilines is 1. The molecule has 1 aliphatic rings. The number of amides is 2. The summed E-state index contributed by atoms with van der Waals surface area (Å²) >= 11 is 4.43. The number of hydrogen-bond donors (Lipinski definition) is 5. The molecule has 0 radical (unpaired) electrons. The van der Waals surface area contributed by atoms with Crippen molar-refractivity contribution in [2.24, 2.45) is 0 Å². The number of benzene rings is 2. The summed E-state index contributed by atoms with van der Waals surface area (Å²) < 4.78 is 12.3. The van der Waals surface area contributed by atoms with E-state index in [9.17, 15) is 14.7 Å². The molecule has 1 heterocycles. The second kappa shape index (κ2) is 14.2. The average molecular weight is 503 g/mol. The van der Waals surface area contributed by atoms with Crippen molar-refractivity contribution in [3.63, 3.8) is 0 Å². The highest BCUT2D eigenvalue weighted by Gasteiger charge is 2.31. The summed E-state index contributed by atoms with van der Waals surface area (Å²) in [6.45, 7) is 0.00516. The Labute approximate surface area is 211 Å². The maximum Gasteiger partial charge on any atom is 0.243 e. The van der Waals surface area contributed by atoms with Gasteiger partial charge in [0, 0.05) is 36.3 Å². The highest BCUT2D eigenvalue weighted by Crippen LogP contribution is 2.38. The molecule has 2 aromatic rings. The van der Waals surface area contributed by atoms with E-state index in [1.165, 1.54) is 0 Å². The molecule has 190 valence electrons. The molecule has 4 N–H and O–H groups in total. The zero-order valence-corrected chi connectivity index (χ0v) is 20.6.